The van der Waals surface area contributed by atoms with Gasteiger partial charge in [-0.15, -0.1) is 11.3 Å². The average molecular weight is 461 g/mol. The fourth-order valence-corrected chi connectivity index (χ4v) is 5.14. The van der Waals surface area contributed by atoms with E-state index in [1.807, 2.05) is 6.07 Å². The largest absolute Gasteiger partial charge is 0.379 e. The highest BCUT2D eigenvalue weighted by Crippen LogP contribution is 2.37. The van der Waals surface area contributed by atoms with E-state index in [4.69, 9.17) is 19.4 Å². The zero-order chi connectivity index (χ0) is 22.5. The molecular weight excluding hydrogens is 432 g/mol. The minimum Gasteiger partial charge on any atom is -0.379 e. The first-order valence-corrected chi connectivity index (χ1v) is 12.1. The summed E-state index contributed by atoms with van der Waals surface area (Å²) >= 11 is 1.64. The highest BCUT2D eigenvalue weighted by molar-refractivity contribution is 7.17. The Labute approximate surface area is 198 Å². The molecule has 0 bridgehead atoms. The molecule has 4 aromatic rings. The number of benzene rings is 2. The van der Waals surface area contributed by atoms with E-state index < -0.39 is 0 Å². The van der Waals surface area contributed by atoms with Gasteiger partial charge in [0.25, 0.3) is 0 Å². The highest BCUT2D eigenvalue weighted by atomic mass is 32.1. The molecule has 3 heterocycles. The number of methoxy groups -OCH3 is 1. The molecule has 1 aliphatic rings. The van der Waals surface area contributed by atoms with Crippen LogP contribution >= 0.6 is 11.3 Å². The summed E-state index contributed by atoms with van der Waals surface area (Å²) in [6.07, 6.45) is 0. The number of hydrogen-bond donors (Lipinski definition) is 1. The van der Waals surface area contributed by atoms with Gasteiger partial charge in [0, 0.05) is 44.2 Å². The summed E-state index contributed by atoms with van der Waals surface area (Å²) < 4.78 is 10.8. The number of anilines is 1. The SMILES string of the molecule is COCc1nc(NCc2cccc(CN3CCOCC3)c2)c2c(-c3ccccc3)csc2n1. The number of hydrogen-bond acceptors (Lipinski definition) is 7. The van der Waals surface area contributed by atoms with Gasteiger partial charge in [0.15, 0.2) is 5.82 Å². The molecule has 1 saturated heterocycles. The number of nitrogens with one attached hydrogen (secondary N) is 1. The fourth-order valence-electron chi connectivity index (χ4n) is 4.18. The van der Waals surface area contributed by atoms with Gasteiger partial charge in [0.2, 0.25) is 0 Å². The van der Waals surface area contributed by atoms with Crippen molar-refractivity contribution in [2.45, 2.75) is 19.7 Å². The Morgan fingerprint density at radius 2 is 1.85 bits per heavy atom. The van der Waals surface area contributed by atoms with E-state index in [-0.39, 0.29) is 0 Å². The van der Waals surface area contributed by atoms with Crippen molar-refractivity contribution in [3.63, 3.8) is 0 Å². The van der Waals surface area contributed by atoms with Crippen molar-refractivity contribution in [3.8, 4) is 11.1 Å². The van der Waals surface area contributed by atoms with Crippen LogP contribution in [-0.2, 0) is 29.2 Å². The molecule has 7 heteroatoms. The van der Waals surface area contributed by atoms with Crippen LogP contribution in [0.25, 0.3) is 21.3 Å². The fraction of sp³-hybridized carbons (Fsp3) is 0.308. The van der Waals surface area contributed by atoms with Crippen molar-refractivity contribution in [2.75, 3.05) is 38.7 Å². The van der Waals surface area contributed by atoms with Crippen molar-refractivity contribution >= 4 is 27.4 Å². The standard InChI is InChI=1S/C26H28N4O2S/c1-31-17-23-28-25(24-22(18-33-26(24)29-23)21-8-3-2-4-9-21)27-15-19-6-5-7-20(14-19)16-30-10-12-32-13-11-30/h2-9,14,18H,10-13,15-17H2,1H3,(H,27,28,29). The summed E-state index contributed by atoms with van der Waals surface area (Å²) in [7, 11) is 1.67. The second-order valence-corrected chi connectivity index (χ2v) is 9.04. The topological polar surface area (TPSA) is 59.5 Å². The molecule has 0 amide bonds. The second-order valence-electron chi connectivity index (χ2n) is 8.18. The van der Waals surface area contributed by atoms with Gasteiger partial charge in [0.05, 0.1) is 18.6 Å². The summed E-state index contributed by atoms with van der Waals surface area (Å²) in [5, 5.41) is 6.83. The number of nitrogens with zero attached hydrogens (tertiary/aromatic N) is 3. The van der Waals surface area contributed by atoms with E-state index in [1.54, 1.807) is 18.4 Å². The first kappa shape index (κ1) is 22.0. The Morgan fingerprint density at radius 3 is 2.67 bits per heavy atom. The van der Waals surface area contributed by atoms with Crippen molar-refractivity contribution in [1.29, 1.82) is 0 Å². The Balaban J connectivity index is 1.41. The van der Waals surface area contributed by atoms with Gasteiger partial charge < -0.3 is 14.8 Å². The lowest BCUT2D eigenvalue weighted by Crippen LogP contribution is -2.35. The molecule has 0 saturated carbocycles. The summed E-state index contributed by atoms with van der Waals surface area (Å²) in [6, 6.07) is 19.2. The molecule has 1 aliphatic heterocycles. The maximum absolute atomic E-state index is 5.47. The van der Waals surface area contributed by atoms with Gasteiger partial charge in [-0.05, 0) is 16.7 Å². The molecule has 0 aliphatic carbocycles. The van der Waals surface area contributed by atoms with Gasteiger partial charge in [-0.2, -0.15) is 0 Å². The van der Waals surface area contributed by atoms with E-state index in [0.717, 1.165) is 54.4 Å². The van der Waals surface area contributed by atoms with E-state index in [0.29, 0.717) is 19.0 Å². The number of ether oxygens (including phenoxy) is 2. The molecule has 33 heavy (non-hydrogen) atoms. The molecule has 2 aromatic carbocycles. The molecule has 0 radical (unpaired) electrons. The van der Waals surface area contributed by atoms with Crippen molar-refractivity contribution in [2.24, 2.45) is 0 Å². The Bertz CT molecular complexity index is 1210. The molecule has 1 fully saturated rings. The van der Waals surface area contributed by atoms with Gasteiger partial charge in [-0.1, -0.05) is 54.6 Å². The molecule has 1 N–H and O–H groups in total. The van der Waals surface area contributed by atoms with Crippen molar-refractivity contribution < 1.29 is 9.47 Å². The Morgan fingerprint density at radius 1 is 1.03 bits per heavy atom. The predicted octanol–water partition coefficient (Wildman–Crippen LogP) is 4.95. The lowest BCUT2D eigenvalue weighted by molar-refractivity contribution is 0.0342. The maximum atomic E-state index is 5.47. The number of aromatic nitrogens is 2. The van der Waals surface area contributed by atoms with Crippen LogP contribution in [0.2, 0.25) is 0 Å². The summed E-state index contributed by atoms with van der Waals surface area (Å²) in [5.41, 5.74) is 4.88. The van der Waals surface area contributed by atoms with Crippen molar-refractivity contribution in [1.82, 2.24) is 14.9 Å². The van der Waals surface area contributed by atoms with Gasteiger partial charge >= 0.3 is 0 Å². The summed E-state index contributed by atoms with van der Waals surface area (Å²) in [6.45, 7) is 5.65. The third kappa shape index (κ3) is 5.23. The number of morpholine rings is 1. The predicted molar refractivity (Wildman–Crippen MR) is 133 cm³/mol. The normalized spacial score (nSPS) is 14.6. The van der Waals surface area contributed by atoms with E-state index >= 15 is 0 Å². The lowest BCUT2D eigenvalue weighted by atomic mass is 10.1. The van der Waals surface area contributed by atoms with E-state index in [9.17, 15) is 0 Å². The molecule has 5 rings (SSSR count). The highest BCUT2D eigenvalue weighted by Gasteiger charge is 2.16. The zero-order valence-electron chi connectivity index (χ0n) is 18.8. The lowest BCUT2D eigenvalue weighted by Gasteiger charge is -2.26. The van der Waals surface area contributed by atoms with Crippen molar-refractivity contribution in [3.05, 3.63) is 76.9 Å². The minimum atomic E-state index is 0.387. The van der Waals surface area contributed by atoms with Crippen LogP contribution in [0.3, 0.4) is 0 Å². The summed E-state index contributed by atoms with van der Waals surface area (Å²) in [4.78, 5) is 13.0. The Kier molecular flexibility index (Phi) is 6.92. The number of fused-ring (bicyclic) bond motifs is 1. The van der Waals surface area contributed by atoms with Crippen LogP contribution in [0.1, 0.15) is 17.0 Å². The van der Waals surface area contributed by atoms with E-state index in [1.165, 1.54) is 16.7 Å². The molecule has 170 valence electrons. The van der Waals surface area contributed by atoms with Gasteiger partial charge in [-0.25, -0.2) is 9.97 Å². The van der Waals surface area contributed by atoms with Crippen LogP contribution in [0.5, 0.6) is 0 Å². The van der Waals surface area contributed by atoms with Crippen LogP contribution < -0.4 is 5.32 Å². The van der Waals surface area contributed by atoms with Crippen LogP contribution in [0.4, 0.5) is 5.82 Å². The monoisotopic (exact) mass is 460 g/mol. The number of rotatable bonds is 8. The maximum Gasteiger partial charge on any atom is 0.158 e. The zero-order valence-corrected chi connectivity index (χ0v) is 19.6. The van der Waals surface area contributed by atoms with Crippen LogP contribution in [0, 0.1) is 0 Å². The Hall–Kier alpha value is -2.84. The van der Waals surface area contributed by atoms with Crippen LogP contribution in [-0.4, -0.2) is 48.3 Å². The van der Waals surface area contributed by atoms with Gasteiger partial charge in [0.1, 0.15) is 17.3 Å². The average Bonchev–Trinajstić information content (AvgIpc) is 3.28. The van der Waals surface area contributed by atoms with Gasteiger partial charge in [-0.3, -0.25) is 4.90 Å². The molecular formula is C26H28N4O2S. The quantitative estimate of drug-likeness (QED) is 0.402. The third-order valence-electron chi connectivity index (χ3n) is 5.80. The number of thiophene rings is 1. The molecule has 0 atom stereocenters. The second kappa shape index (κ2) is 10.4. The molecule has 2 aromatic heterocycles. The molecule has 0 unspecified atom stereocenters. The summed E-state index contributed by atoms with van der Waals surface area (Å²) in [5.74, 6) is 1.54. The minimum absolute atomic E-state index is 0.387. The van der Waals surface area contributed by atoms with Crippen LogP contribution in [0.15, 0.2) is 60.0 Å². The first-order valence-electron chi connectivity index (χ1n) is 11.2. The first-order chi connectivity index (χ1) is 16.3. The molecule has 0 spiro atoms. The smallest absolute Gasteiger partial charge is 0.158 e. The van der Waals surface area contributed by atoms with E-state index in [2.05, 4.69) is 64.1 Å². The molecule has 6 nitrogen and oxygen atoms in total. The third-order valence-corrected chi connectivity index (χ3v) is 6.67.